The Hall–Kier alpha value is -2.37. The quantitative estimate of drug-likeness (QED) is 0.517. The standard InChI is InChI=1S/C9H10O2.C7H8O.CH4O2.CH4/c1-7(10)8-3-5-9(11-2)6-4-8;1-8-7-5-3-2-4-6-7;1-3-2;/h3-6H,1-2H3;2-6H,1H3;2H,1H3;1H4. The van der Waals surface area contributed by atoms with Crippen LogP contribution in [-0.4, -0.2) is 32.4 Å². The Kier molecular flexibility index (Phi) is 14.5. The first-order valence-electron chi connectivity index (χ1n) is 6.50. The number of ether oxygens (including phenoxy) is 2. The number of para-hydroxylation sites is 1. The first-order valence-corrected chi connectivity index (χ1v) is 6.50. The fourth-order valence-corrected chi connectivity index (χ4v) is 1.38. The predicted octanol–water partition coefficient (Wildman–Crippen LogP) is 4.33. The van der Waals surface area contributed by atoms with Crippen LogP contribution in [0.4, 0.5) is 0 Å². The molecule has 0 amide bonds. The van der Waals surface area contributed by atoms with Gasteiger partial charge in [0, 0.05) is 5.56 Å². The maximum Gasteiger partial charge on any atom is 0.159 e. The van der Waals surface area contributed by atoms with E-state index in [0.717, 1.165) is 11.5 Å². The fourth-order valence-electron chi connectivity index (χ4n) is 1.38. The Morgan fingerprint density at radius 3 is 1.52 bits per heavy atom. The molecule has 0 aromatic heterocycles. The van der Waals surface area contributed by atoms with Crippen molar-refractivity contribution in [3.63, 3.8) is 0 Å². The van der Waals surface area contributed by atoms with Gasteiger partial charge in [0.15, 0.2) is 5.78 Å². The maximum atomic E-state index is 10.8. The summed E-state index contributed by atoms with van der Waals surface area (Å²) >= 11 is 0. The van der Waals surface area contributed by atoms with Gasteiger partial charge in [0.1, 0.15) is 11.5 Å². The molecule has 0 saturated carbocycles. The summed E-state index contributed by atoms with van der Waals surface area (Å²) in [5.74, 6) is 1.76. The molecule has 5 heteroatoms. The fraction of sp³-hybridized carbons (Fsp3) is 0.278. The van der Waals surface area contributed by atoms with Crippen LogP contribution in [0.1, 0.15) is 24.7 Å². The molecule has 0 heterocycles. The summed E-state index contributed by atoms with van der Waals surface area (Å²) in [6, 6.07) is 16.7. The van der Waals surface area contributed by atoms with E-state index in [2.05, 4.69) is 4.89 Å². The van der Waals surface area contributed by atoms with Crippen LogP contribution in [0, 0.1) is 0 Å². The van der Waals surface area contributed by atoms with E-state index in [9.17, 15) is 4.79 Å². The Morgan fingerprint density at radius 2 is 1.22 bits per heavy atom. The van der Waals surface area contributed by atoms with Crippen LogP contribution in [0.5, 0.6) is 11.5 Å². The summed E-state index contributed by atoms with van der Waals surface area (Å²) < 4.78 is 9.85. The highest BCUT2D eigenvalue weighted by Crippen LogP contribution is 2.11. The second kappa shape index (κ2) is 14.6. The average molecular weight is 322 g/mol. The van der Waals surface area contributed by atoms with Crippen LogP contribution in [0.15, 0.2) is 54.6 Å². The van der Waals surface area contributed by atoms with E-state index < -0.39 is 0 Å². The zero-order valence-corrected chi connectivity index (χ0v) is 13.3. The summed E-state index contributed by atoms with van der Waals surface area (Å²) in [6.45, 7) is 1.54. The molecule has 0 unspecified atom stereocenters. The Balaban J connectivity index is 0. The lowest BCUT2D eigenvalue weighted by Crippen LogP contribution is -1.91. The van der Waals surface area contributed by atoms with Crippen LogP contribution in [-0.2, 0) is 4.89 Å². The van der Waals surface area contributed by atoms with Crippen molar-refractivity contribution in [3.8, 4) is 11.5 Å². The van der Waals surface area contributed by atoms with Crippen molar-refractivity contribution in [3.05, 3.63) is 60.2 Å². The molecule has 0 bridgehead atoms. The zero-order chi connectivity index (χ0) is 16.8. The number of carbonyl (C=O) groups is 1. The van der Waals surface area contributed by atoms with Crippen molar-refractivity contribution in [1.82, 2.24) is 0 Å². The van der Waals surface area contributed by atoms with Gasteiger partial charge < -0.3 is 9.47 Å². The highest BCUT2D eigenvalue weighted by atomic mass is 17.1. The van der Waals surface area contributed by atoms with Crippen LogP contribution in [0.25, 0.3) is 0 Å². The number of Topliss-reactive ketones (excluding diaryl/α,β-unsaturated/α-hetero) is 1. The molecular weight excluding hydrogens is 296 g/mol. The second-order valence-electron chi connectivity index (χ2n) is 3.98. The first-order chi connectivity index (χ1) is 10.6. The summed E-state index contributed by atoms with van der Waals surface area (Å²) in [7, 11) is 4.44. The van der Waals surface area contributed by atoms with Crippen molar-refractivity contribution in [2.75, 3.05) is 21.3 Å². The van der Waals surface area contributed by atoms with Gasteiger partial charge in [-0.15, -0.1) is 0 Å². The second-order valence-corrected chi connectivity index (χ2v) is 3.98. The smallest absolute Gasteiger partial charge is 0.159 e. The molecule has 2 aromatic rings. The number of rotatable bonds is 3. The molecule has 0 saturated heterocycles. The highest BCUT2D eigenvalue weighted by Gasteiger charge is 1.97. The minimum atomic E-state index is 0. The predicted molar refractivity (Wildman–Crippen MR) is 92.4 cm³/mol. The molecule has 5 nitrogen and oxygen atoms in total. The summed E-state index contributed by atoms with van der Waals surface area (Å²) in [5.41, 5.74) is 0.714. The van der Waals surface area contributed by atoms with Crippen molar-refractivity contribution in [1.29, 1.82) is 0 Å². The number of benzene rings is 2. The van der Waals surface area contributed by atoms with E-state index in [1.54, 1.807) is 45.4 Å². The molecule has 0 atom stereocenters. The van der Waals surface area contributed by atoms with Gasteiger partial charge in [0.05, 0.1) is 21.3 Å². The minimum absolute atomic E-state index is 0. The van der Waals surface area contributed by atoms with Gasteiger partial charge in [-0.25, -0.2) is 4.89 Å². The number of carbonyl (C=O) groups excluding carboxylic acids is 1. The summed E-state index contributed by atoms with van der Waals surface area (Å²) in [4.78, 5) is 14.1. The van der Waals surface area contributed by atoms with Crippen LogP contribution >= 0.6 is 0 Å². The number of ketones is 1. The maximum absolute atomic E-state index is 10.8. The molecule has 0 spiro atoms. The van der Waals surface area contributed by atoms with Crippen molar-refractivity contribution < 1.29 is 24.4 Å². The first kappa shape index (κ1) is 22.9. The molecule has 128 valence electrons. The molecule has 0 aliphatic carbocycles. The Morgan fingerprint density at radius 1 is 0.826 bits per heavy atom. The Bertz CT molecular complexity index is 509. The molecule has 1 N–H and O–H groups in total. The highest BCUT2D eigenvalue weighted by molar-refractivity contribution is 5.94. The van der Waals surface area contributed by atoms with Crippen LogP contribution < -0.4 is 9.47 Å². The number of methoxy groups -OCH3 is 2. The average Bonchev–Trinajstić information content (AvgIpc) is 2.57. The third kappa shape index (κ3) is 10.9. The van der Waals surface area contributed by atoms with E-state index in [4.69, 9.17) is 14.7 Å². The zero-order valence-electron chi connectivity index (χ0n) is 13.3. The molecule has 0 aliphatic rings. The van der Waals surface area contributed by atoms with Gasteiger partial charge >= 0.3 is 0 Å². The molecule has 0 fully saturated rings. The monoisotopic (exact) mass is 322 g/mol. The van der Waals surface area contributed by atoms with E-state index in [1.165, 1.54) is 7.11 Å². The largest absolute Gasteiger partial charge is 0.497 e. The van der Waals surface area contributed by atoms with E-state index in [1.807, 2.05) is 30.3 Å². The SMILES string of the molecule is C.COO.COc1ccc(C(C)=O)cc1.COc1ccccc1. The van der Waals surface area contributed by atoms with Gasteiger partial charge in [-0.1, -0.05) is 25.6 Å². The summed E-state index contributed by atoms with van der Waals surface area (Å²) in [6.07, 6.45) is 0. The van der Waals surface area contributed by atoms with E-state index in [0.29, 0.717) is 5.56 Å². The molecule has 2 aromatic carbocycles. The minimum Gasteiger partial charge on any atom is -0.497 e. The van der Waals surface area contributed by atoms with Gasteiger partial charge in [-0.05, 0) is 43.3 Å². The molecule has 0 radical (unpaired) electrons. The lowest BCUT2D eigenvalue weighted by molar-refractivity contribution is -0.214. The molecule has 23 heavy (non-hydrogen) atoms. The van der Waals surface area contributed by atoms with Gasteiger partial charge in [-0.3, -0.25) is 10.1 Å². The van der Waals surface area contributed by atoms with Crippen LogP contribution in [0.2, 0.25) is 0 Å². The third-order valence-electron chi connectivity index (χ3n) is 2.48. The van der Waals surface area contributed by atoms with Crippen LogP contribution in [0.3, 0.4) is 0 Å². The number of hydrogen-bond acceptors (Lipinski definition) is 5. The third-order valence-corrected chi connectivity index (χ3v) is 2.48. The molecule has 0 aliphatic heterocycles. The van der Waals surface area contributed by atoms with Crippen molar-refractivity contribution in [2.24, 2.45) is 0 Å². The van der Waals surface area contributed by atoms with Gasteiger partial charge in [-0.2, -0.15) is 0 Å². The van der Waals surface area contributed by atoms with Crippen molar-refractivity contribution in [2.45, 2.75) is 14.4 Å². The lowest BCUT2D eigenvalue weighted by atomic mass is 10.1. The van der Waals surface area contributed by atoms with Gasteiger partial charge in [0.2, 0.25) is 0 Å². The lowest BCUT2D eigenvalue weighted by Gasteiger charge is -1.98. The number of hydrogen-bond donors (Lipinski definition) is 1. The van der Waals surface area contributed by atoms with E-state index >= 15 is 0 Å². The topological polar surface area (TPSA) is 65.0 Å². The molecular formula is C18H26O5. The normalized spacial score (nSPS) is 8.22. The summed E-state index contributed by atoms with van der Waals surface area (Å²) in [5, 5.41) is 7.07. The van der Waals surface area contributed by atoms with Crippen molar-refractivity contribution >= 4 is 5.78 Å². The Labute approximate surface area is 138 Å². The molecule has 2 rings (SSSR count). The van der Waals surface area contributed by atoms with Gasteiger partial charge in [0.25, 0.3) is 0 Å². The van der Waals surface area contributed by atoms with E-state index in [-0.39, 0.29) is 13.2 Å².